The Morgan fingerprint density at radius 3 is 2.26 bits per heavy atom. The Labute approximate surface area is 170 Å². The Hall–Kier alpha value is -1.61. The summed E-state index contributed by atoms with van der Waals surface area (Å²) in [6.45, 7) is 2.26. The van der Waals surface area contributed by atoms with Gasteiger partial charge < -0.3 is 4.98 Å². The van der Waals surface area contributed by atoms with Crippen molar-refractivity contribution in [2.24, 2.45) is 0 Å². The van der Waals surface area contributed by atoms with Crippen molar-refractivity contribution in [1.29, 1.82) is 0 Å². The van der Waals surface area contributed by atoms with Crippen LogP contribution >= 0.6 is 15.9 Å². The van der Waals surface area contributed by atoms with E-state index in [-0.39, 0.29) is 5.78 Å². The largest absolute Gasteiger partial charge is 0.354 e. The highest BCUT2D eigenvalue weighted by Gasteiger charge is 2.15. The molecule has 1 aromatic heterocycles. The first kappa shape index (κ1) is 20.1. The summed E-state index contributed by atoms with van der Waals surface area (Å²) >= 11 is 3.67. The monoisotopic (exact) mass is 427 g/mol. The van der Waals surface area contributed by atoms with Gasteiger partial charge in [0.15, 0.2) is 5.78 Å². The van der Waals surface area contributed by atoms with Crippen LogP contribution in [-0.4, -0.2) is 10.8 Å². The first-order valence-corrected chi connectivity index (χ1v) is 11.2. The number of ketones is 1. The Kier molecular flexibility index (Phi) is 7.51. The van der Waals surface area contributed by atoms with E-state index < -0.39 is 0 Å². The van der Waals surface area contributed by atoms with Gasteiger partial charge in [0.05, 0.1) is 9.99 Å². The Morgan fingerprint density at radius 2 is 1.52 bits per heavy atom. The molecule has 1 heterocycles. The molecule has 0 aliphatic rings. The minimum absolute atomic E-state index is 0.241. The highest BCUT2D eigenvalue weighted by molar-refractivity contribution is 9.10. The average Bonchev–Trinajstić information content (AvgIpc) is 3.06. The number of para-hydroxylation sites is 1. The van der Waals surface area contributed by atoms with Gasteiger partial charge in [-0.1, -0.05) is 82.6 Å². The minimum Gasteiger partial charge on any atom is -0.354 e. The number of rotatable bonds is 11. The summed E-state index contributed by atoms with van der Waals surface area (Å²) in [6.07, 6.45) is 12.1. The molecule has 3 aromatic rings. The lowest BCUT2D eigenvalue weighted by molar-refractivity contribution is 0.0978. The molecular formula is C24H30BrNO. The molecule has 0 radical (unpaired) electrons. The third kappa shape index (κ3) is 5.01. The Balaban J connectivity index is 1.52. The molecule has 0 aliphatic carbocycles. The van der Waals surface area contributed by atoms with E-state index in [1.54, 1.807) is 0 Å². The van der Waals surface area contributed by atoms with E-state index in [1.165, 1.54) is 50.3 Å². The molecular weight excluding hydrogens is 398 g/mol. The number of aromatic nitrogens is 1. The summed E-state index contributed by atoms with van der Waals surface area (Å²) in [6, 6.07) is 12.3. The van der Waals surface area contributed by atoms with Crippen molar-refractivity contribution < 1.29 is 4.79 Å². The number of benzene rings is 2. The van der Waals surface area contributed by atoms with Gasteiger partial charge in [-0.3, -0.25) is 4.79 Å². The average molecular weight is 428 g/mol. The lowest BCUT2D eigenvalue weighted by Gasteiger charge is -2.06. The van der Waals surface area contributed by atoms with Crippen molar-refractivity contribution in [2.45, 2.75) is 71.1 Å². The van der Waals surface area contributed by atoms with Gasteiger partial charge in [0, 0.05) is 28.3 Å². The molecule has 1 N–H and O–H groups in total. The van der Waals surface area contributed by atoms with Crippen molar-refractivity contribution in [1.82, 2.24) is 4.98 Å². The van der Waals surface area contributed by atoms with Gasteiger partial charge in [-0.2, -0.15) is 0 Å². The number of carbonyl (C=O) groups excluding carboxylic acids is 1. The second-order valence-corrected chi connectivity index (χ2v) is 8.31. The number of unbranched alkanes of at least 4 members (excludes halogenated alkanes) is 8. The molecule has 0 spiro atoms. The van der Waals surface area contributed by atoms with Crippen LogP contribution in [0.5, 0.6) is 0 Å². The molecule has 2 nitrogen and oxygen atoms in total. The fraction of sp³-hybridized carbons (Fsp3) is 0.458. The maximum Gasteiger partial charge on any atom is 0.164 e. The van der Waals surface area contributed by atoms with Crippen molar-refractivity contribution in [2.75, 3.05) is 0 Å². The van der Waals surface area contributed by atoms with E-state index in [4.69, 9.17) is 0 Å². The lowest BCUT2D eigenvalue weighted by Crippen LogP contribution is -2.00. The summed E-state index contributed by atoms with van der Waals surface area (Å²) in [7, 11) is 0. The van der Waals surface area contributed by atoms with E-state index in [0.717, 1.165) is 39.3 Å². The molecule has 0 saturated carbocycles. The fourth-order valence-electron chi connectivity index (χ4n) is 3.83. The Bertz CT molecular complexity index is 896. The van der Waals surface area contributed by atoms with Gasteiger partial charge >= 0.3 is 0 Å². The number of H-pyrrole nitrogens is 1. The second-order valence-electron chi connectivity index (χ2n) is 7.52. The zero-order chi connectivity index (χ0) is 19.1. The fourth-order valence-corrected chi connectivity index (χ4v) is 4.50. The highest BCUT2D eigenvalue weighted by atomic mass is 79.9. The van der Waals surface area contributed by atoms with Gasteiger partial charge in [0.25, 0.3) is 0 Å². The number of fused-ring (bicyclic) bond motifs is 3. The van der Waals surface area contributed by atoms with Gasteiger partial charge in [-0.15, -0.1) is 0 Å². The highest BCUT2D eigenvalue weighted by Crippen LogP contribution is 2.33. The van der Waals surface area contributed by atoms with Crippen LogP contribution in [0.4, 0.5) is 0 Å². The van der Waals surface area contributed by atoms with Gasteiger partial charge in [-0.25, -0.2) is 0 Å². The van der Waals surface area contributed by atoms with Crippen LogP contribution in [0.3, 0.4) is 0 Å². The van der Waals surface area contributed by atoms with Crippen molar-refractivity contribution in [3.8, 4) is 0 Å². The molecule has 0 aliphatic heterocycles. The van der Waals surface area contributed by atoms with Crippen LogP contribution in [0, 0.1) is 0 Å². The molecule has 0 atom stereocenters. The van der Waals surface area contributed by atoms with E-state index in [9.17, 15) is 4.79 Å². The smallest absolute Gasteiger partial charge is 0.164 e. The van der Waals surface area contributed by atoms with Crippen LogP contribution in [0.25, 0.3) is 21.8 Å². The number of hydrogen-bond donors (Lipinski definition) is 1. The lowest BCUT2D eigenvalue weighted by atomic mass is 10.0. The molecule has 0 amide bonds. The molecule has 0 saturated heterocycles. The quantitative estimate of drug-likeness (QED) is 0.242. The van der Waals surface area contributed by atoms with Crippen molar-refractivity contribution in [3.05, 3.63) is 46.4 Å². The number of carbonyl (C=O) groups is 1. The Morgan fingerprint density at radius 1 is 0.852 bits per heavy atom. The van der Waals surface area contributed by atoms with E-state index in [0.29, 0.717) is 6.42 Å². The third-order valence-electron chi connectivity index (χ3n) is 5.43. The summed E-state index contributed by atoms with van der Waals surface area (Å²) < 4.78 is 0.900. The summed E-state index contributed by atoms with van der Waals surface area (Å²) in [5.41, 5.74) is 2.93. The zero-order valence-electron chi connectivity index (χ0n) is 16.3. The zero-order valence-corrected chi connectivity index (χ0v) is 17.9. The number of halogens is 1. The van der Waals surface area contributed by atoms with Crippen LogP contribution < -0.4 is 0 Å². The van der Waals surface area contributed by atoms with Crippen molar-refractivity contribution in [3.63, 3.8) is 0 Å². The molecule has 0 bridgehead atoms. The number of aromatic amines is 1. The standard InChI is InChI=1S/C24H30BrNO/c1-2-3-4-5-6-7-8-9-10-15-22(27)20-17-16-19-18-13-11-12-14-21(18)26-24(19)23(20)25/h11-14,16-17,26H,2-10,15H2,1H3. The topological polar surface area (TPSA) is 32.9 Å². The molecule has 0 unspecified atom stereocenters. The summed E-state index contributed by atoms with van der Waals surface area (Å²) in [5, 5.41) is 2.36. The van der Waals surface area contributed by atoms with Crippen LogP contribution in [-0.2, 0) is 0 Å². The molecule has 3 heteroatoms. The number of nitrogens with one attached hydrogen (secondary N) is 1. The first-order chi connectivity index (χ1) is 13.2. The predicted octanol–water partition coefficient (Wildman–Crippen LogP) is 8.19. The summed E-state index contributed by atoms with van der Waals surface area (Å²) in [4.78, 5) is 16.1. The first-order valence-electron chi connectivity index (χ1n) is 10.4. The maximum absolute atomic E-state index is 12.7. The van der Waals surface area contributed by atoms with E-state index in [1.807, 2.05) is 18.2 Å². The van der Waals surface area contributed by atoms with Gasteiger partial charge in [-0.05, 0) is 34.5 Å². The van der Waals surface area contributed by atoms with Crippen molar-refractivity contribution >= 4 is 43.5 Å². The number of Topliss-reactive ketones (excluding diaryl/α,β-unsaturated/α-hetero) is 1. The minimum atomic E-state index is 0.241. The predicted molar refractivity (Wildman–Crippen MR) is 120 cm³/mol. The normalized spacial score (nSPS) is 11.5. The van der Waals surface area contributed by atoms with Gasteiger partial charge in [0.2, 0.25) is 0 Å². The molecule has 144 valence electrons. The van der Waals surface area contributed by atoms with Gasteiger partial charge in [0.1, 0.15) is 0 Å². The SMILES string of the molecule is CCCCCCCCCCCC(=O)c1ccc2c([nH]c3ccccc32)c1Br. The second kappa shape index (κ2) is 10.1. The molecule has 2 aromatic carbocycles. The molecule has 27 heavy (non-hydrogen) atoms. The van der Waals surface area contributed by atoms with E-state index >= 15 is 0 Å². The van der Waals surface area contributed by atoms with Crippen LogP contribution in [0.15, 0.2) is 40.9 Å². The molecule has 3 rings (SSSR count). The summed E-state index contributed by atoms with van der Waals surface area (Å²) in [5.74, 6) is 0.241. The van der Waals surface area contributed by atoms with Crippen LogP contribution in [0.1, 0.15) is 81.5 Å². The maximum atomic E-state index is 12.7. The third-order valence-corrected chi connectivity index (χ3v) is 6.25. The number of hydrogen-bond acceptors (Lipinski definition) is 1. The van der Waals surface area contributed by atoms with E-state index in [2.05, 4.69) is 46.0 Å². The van der Waals surface area contributed by atoms with Crippen LogP contribution in [0.2, 0.25) is 0 Å². The molecule has 0 fully saturated rings.